The maximum absolute atomic E-state index is 14.4. The largest absolute Gasteiger partial charge is 0.481 e. The Labute approximate surface area is 827 Å². The van der Waals surface area contributed by atoms with Gasteiger partial charge in [0, 0.05) is 18.8 Å². The number of carboxylic acid groups (broad SMARTS) is 4. The normalized spacial score (nSPS) is 55.8. The van der Waals surface area contributed by atoms with Crippen molar-refractivity contribution in [2.75, 3.05) is 0 Å². The molecule has 0 aromatic heterocycles. The predicted molar refractivity (Wildman–Crippen MR) is 541 cm³/mol. The van der Waals surface area contributed by atoms with E-state index in [0.29, 0.717) is 108 Å². The van der Waals surface area contributed by atoms with E-state index in [9.17, 15) is 69.3 Å². The fraction of sp³-hybridized carbons (Fsp3) is 0.877. The number of hydrogen-bond acceptors (Lipinski definition) is 11. The Bertz CT molecular complexity index is 4990. The summed E-state index contributed by atoms with van der Waals surface area (Å²) >= 11 is 0. The van der Waals surface area contributed by atoms with Gasteiger partial charge in [0.05, 0.1) is 34.6 Å². The molecule has 16 fully saturated rings. The summed E-state index contributed by atoms with van der Waals surface area (Å²) in [6.45, 7) is 67.2. The molecule has 0 bridgehead atoms. The zero-order chi connectivity index (χ0) is 101. The van der Waals surface area contributed by atoms with Crippen LogP contribution in [0.3, 0.4) is 0 Å². The molecular weight excluding hydrogens is 1710 g/mol. The van der Waals surface area contributed by atoms with Gasteiger partial charge in [-0.25, -0.2) is 0 Å². The first-order chi connectivity index (χ1) is 63.1. The number of rotatable bonds is 5. The summed E-state index contributed by atoms with van der Waals surface area (Å²) < 4.78 is 5.63. The topological polar surface area (TPSA) is 270 Å². The van der Waals surface area contributed by atoms with Crippen LogP contribution in [0.25, 0.3) is 0 Å². The molecule has 12 unspecified atom stereocenters. The number of ether oxygens (including phenoxy) is 1. The van der Waals surface area contributed by atoms with Gasteiger partial charge in [0.15, 0.2) is 11.6 Å². The number of esters is 1. The molecule has 15 nitrogen and oxygen atoms in total. The van der Waals surface area contributed by atoms with Crippen molar-refractivity contribution in [2.24, 2.45) is 220 Å². The smallest absolute Gasteiger partial charge is 0.313 e. The molecule has 137 heavy (non-hydrogen) atoms. The van der Waals surface area contributed by atoms with E-state index in [1.807, 2.05) is 13.8 Å². The number of carbonyl (C=O) groups is 7. The predicted octanol–water partition coefficient (Wildman–Crippen LogP) is 27.4. The van der Waals surface area contributed by atoms with E-state index in [1.165, 1.54) is 114 Å². The van der Waals surface area contributed by atoms with Gasteiger partial charge in [-0.05, 0) is 451 Å². The average Bonchev–Trinajstić information content (AvgIpc) is 0.723. The molecule has 42 atom stereocenters. The van der Waals surface area contributed by atoms with E-state index < -0.39 is 86.8 Å². The molecule has 768 valence electrons. The fourth-order valence-corrected chi connectivity index (χ4v) is 43.0. The Balaban J connectivity index is 0.000000127. The molecule has 0 amide bonds. The highest BCUT2D eigenvalue weighted by Crippen LogP contribution is 2.83. The third kappa shape index (κ3) is 13.8. The molecule has 20 rings (SSSR count). The molecule has 0 aromatic carbocycles. The second-order valence-corrected chi connectivity index (χ2v) is 58.9. The first-order valence-electron chi connectivity index (χ1n) is 56.2. The van der Waals surface area contributed by atoms with Crippen LogP contribution in [-0.4, -0.2) is 102 Å². The van der Waals surface area contributed by atoms with Gasteiger partial charge < -0.3 is 40.5 Å². The zero-order valence-corrected chi connectivity index (χ0v) is 91.2. The SMILES string of the molecule is CC(=O)O[C@@H]1CC[C@@]2(C)C(CC[C@]3(C)C2C(=O)C=C2C4[C@@H](C)[C@H](C)CC[C@]4(C)CC[C@]23C)[C@@]1(C)C(=O)O.CC1(C)CC[C@]2(C)CC[C@]3(C)C(=CCC4[C@@]5(C)CC[C@@H](O)[C@](C)(C(=O)O)C5CC[C@]43C)C2C1.C[C@@H]1CC[C@]2(C)CC[C@]3(C)C(=CC(=O)C4[C@@]5(C)CC[C@@H](O)[C@](C)(C(=O)O)C5CC[C@]43C)C2[C@H]1C.C[C@@H]1CC[C@]2(C)CC[C@]3(C)C(=CCC4[C@@]5(C)CC[C@@H](O)[C@](C)(C(=O)O)C5CC[C@]43C)C2[C@H]1C. The highest BCUT2D eigenvalue weighted by molar-refractivity contribution is 5.97. The minimum Gasteiger partial charge on any atom is -0.481 e. The van der Waals surface area contributed by atoms with Crippen LogP contribution in [-0.2, 0) is 38.3 Å². The summed E-state index contributed by atoms with van der Waals surface area (Å²) in [7, 11) is 0. The fourth-order valence-electron chi connectivity index (χ4n) is 43.0. The molecule has 20 aliphatic rings. The number of allylic oxidation sites excluding steroid dienone is 8. The van der Waals surface area contributed by atoms with Crippen LogP contribution in [0.15, 0.2) is 46.6 Å². The van der Waals surface area contributed by atoms with Gasteiger partial charge in [-0.3, -0.25) is 33.6 Å². The maximum Gasteiger partial charge on any atom is 0.313 e. The standard InChI is InChI=1S/C32H48O5.C30H46O4.2C30H48O3/c1-18-9-12-28(4)15-16-30(6)21(25(28)19(18)2)17-22(34)26-29(5)13-11-24(37-20(3)33)32(8,27(35)36)23(29)10-14-31(26,30)7;1-17-8-11-26(3)14-15-28(5)19(23(26)18(17)2)16-20(31)24-27(4)12-10-22(32)30(7,25(33)34)21(27)9-13-29(24,28)6;1-18-10-13-26(3)16-17-28(5)20(24(26)19(18)2)8-9-21-27(4)14-12-23(31)30(7,25(32)33)22(27)11-15-29(21,28)6;1-25(2)14-15-26(3)16-17-28(5)19(20(26)18-25)8-9-21-27(4)12-11-23(31)30(7,24(32)33)22(27)10-13-29(21,28)6/h17-19,23-26H,9-16H2,1-8H3,(H,35,36);16-18,21-24,32H,8-15H2,1-7H3,(H,33,34);8,18-19,21-24,31H,9-17H2,1-7H3,(H,32,33);8,20-23,31H,9-18H2,1-7H3,(H,32,33)/t18-,19+,23?,24-,25?,26?,28-,29+,30-,31-,32-;17-,18+,21?,22-,23?,24?,26-,27+,28-,29-,30-;18-,19+,21?,22?,23-,24?,26-,27-,28-,29-,30-;20?,21?,22?,23-,26-,27-,28-,29-,30-/m1111/s1. The van der Waals surface area contributed by atoms with Crippen molar-refractivity contribution >= 4 is 41.4 Å². The molecule has 0 spiro atoms. The van der Waals surface area contributed by atoms with Gasteiger partial charge >= 0.3 is 29.8 Å². The van der Waals surface area contributed by atoms with Crippen molar-refractivity contribution in [3.63, 3.8) is 0 Å². The maximum atomic E-state index is 14.4. The lowest BCUT2D eigenvalue weighted by Crippen LogP contribution is -2.68. The molecular formula is C122H190O15. The molecule has 15 heteroatoms. The van der Waals surface area contributed by atoms with Crippen LogP contribution in [0, 0.1) is 220 Å². The van der Waals surface area contributed by atoms with Gasteiger partial charge in [-0.15, -0.1) is 0 Å². The molecule has 20 aliphatic carbocycles. The van der Waals surface area contributed by atoms with Crippen LogP contribution in [0.4, 0.5) is 0 Å². The van der Waals surface area contributed by atoms with Crippen molar-refractivity contribution < 1.29 is 74.0 Å². The van der Waals surface area contributed by atoms with E-state index >= 15 is 0 Å². The van der Waals surface area contributed by atoms with Gasteiger partial charge in [-0.2, -0.15) is 0 Å². The second kappa shape index (κ2) is 33.0. The molecule has 0 aliphatic heterocycles. The van der Waals surface area contributed by atoms with Crippen LogP contribution >= 0.6 is 0 Å². The summed E-state index contributed by atoms with van der Waals surface area (Å²) in [6.07, 6.45) is 43.0. The number of aliphatic carboxylic acids is 4. The lowest BCUT2D eigenvalue weighted by Gasteiger charge is -2.71. The van der Waals surface area contributed by atoms with Crippen LogP contribution in [0.2, 0.25) is 0 Å². The van der Waals surface area contributed by atoms with Gasteiger partial charge in [0.1, 0.15) is 11.5 Å². The van der Waals surface area contributed by atoms with E-state index in [2.05, 4.69) is 190 Å². The first kappa shape index (κ1) is 104. The summed E-state index contributed by atoms with van der Waals surface area (Å²) in [4.78, 5) is 90.9. The lowest BCUT2D eigenvalue weighted by atomic mass is 9.33. The molecule has 0 radical (unpaired) electrons. The third-order valence-electron chi connectivity index (χ3n) is 53.4. The highest BCUT2D eigenvalue weighted by Gasteiger charge is 2.78. The number of carboxylic acids is 4. The Kier molecular flexibility index (Phi) is 25.0. The minimum atomic E-state index is -1.20. The Hall–Kier alpha value is -4.47. The van der Waals surface area contributed by atoms with Crippen molar-refractivity contribution in [2.45, 2.75) is 450 Å². The number of aliphatic hydroxyl groups excluding tert-OH is 3. The lowest BCUT2D eigenvalue weighted by molar-refractivity contribution is -0.221. The second-order valence-electron chi connectivity index (χ2n) is 58.9. The van der Waals surface area contributed by atoms with Crippen molar-refractivity contribution in [3.05, 3.63) is 46.6 Å². The monoisotopic (exact) mass is 1900 g/mol. The van der Waals surface area contributed by atoms with E-state index in [0.717, 1.165) is 108 Å². The van der Waals surface area contributed by atoms with Crippen molar-refractivity contribution in [3.8, 4) is 0 Å². The van der Waals surface area contributed by atoms with E-state index in [-0.39, 0.29) is 112 Å². The van der Waals surface area contributed by atoms with Crippen LogP contribution < -0.4 is 0 Å². The molecule has 0 aromatic rings. The van der Waals surface area contributed by atoms with Gasteiger partial charge in [0.25, 0.3) is 0 Å². The molecule has 7 N–H and O–H groups in total. The zero-order valence-electron chi connectivity index (χ0n) is 91.2. The van der Waals surface area contributed by atoms with Crippen LogP contribution in [0.5, 0.6) is 0 Å². The van der Waals surface area contributed by atoms with Crippen molar-refractivity contribution in [1.29, 1.82) is 0 Å². The quantitative estimate of drug-likeness (QED) is 0.0996. The first-order valence-corrected chi connectivity index (χ1v) is 56.2. The van der Waals surface area contributed by atoms with Gasteiger partial charge in [0.2, 0.25) is 0 Å². The summed E-state index contributed by atoms with van der Waals surface area (Å²) in [5, 5.41) is 73.9. The average molecular weight is 1900 g/mol. The van der Waals surface area contributed by atoms with Gasteiger partial charge in [-0.1, -0.05) is 201 Å². The highest BCUT2D eigenvalue weighted by atomic mass is 16.5. The third-order valence-corrected chi connectivity index (χ3v) is 53.4. The van der Waals surface area contributed by atoms with Crippen molar-refractivity contribution in [1.82, 2.24) is 0 Å². The van der Waals surface area contributed by atoms with E-state index in [4.69, 9.17) is 4.74 Å². The number of aliphatic hydroxyl groups is 3. The van der Waals surface area contributed by atoms with Crippen LogP contribution in [0.1, 0.15) is 426 Å². The number of fused-ring (bicyclic) bond motifs is 28. The Morgan fingerprint density at radius 1 is 0.307 bits per heavy atom. The minimum absolute atomic E-state index is 0.0308. The molecule has 0 heterocycles. The molecule has 16 saturated carbocycles. The molecule has 0 saturated heterocycles. The Morgan fingerprint density at radius 3 is 0.956 bits per heavy atom. The number of hydrogen-bond donors (Lipinski definition) is 7. The van der Waals surface area contributed by atoms with E-state index in [1.54, 1.807) is 25.0 Å². The Morgan fingerprint density at radius 2 is 0.599 bits per heavy atom. The number of ketones is 2. The number of carbonyl (C=O) groups excluding carboxylic acids is 3. The summed E-state index contributed by atoms with van der Waals surface area (Å²) in [5.74, 6) is 3.13. The summed E-state index contributed by atoms with van der Waals surface area (Å²) in [5.41, 5.74) is 3.13. The summed E-state index contributed by atoms with van der Waals surface area (Å²) in [6, 6.07) is 0.